The molecule has 0 radical (unpaired) electrons. The van der Waals surface area contributed by atoms with Gasteiger partial charge in [-0.05, 0) is 35.7 Å². The van der Waals surface area contributed by atoms with Crippen LogP contribution >= 0.6 is 0 Å². The molecule has 5 heteroatoms. The summed E-state index contributed by atoms with van der Waals surface area (Å²) in [5.41, 5.74) is 1.87. The number of fused-ring (bicyclic) bond motifs is 2. The van der Waals surface area contributed by atoms with Crippen molar-refractivity contribution in [1.82, 2.24) is 9.80 Å². The lowest BCUT2D eigenvalue weighted by Gasteiger charge is -2.41. The van der Waals surface area contributed by atoms with Gasteiger partial charge in [0, 0.05) is 18.7 Å². The summed E-state index contributed by atoms with van der Waals surface area (Å²) in [7, 11) is 1.63. The van der Waals surface area contributed by atoms with Crippen LogP contribution in [0.15, 0.2) is 73.8 Å². The predicted octanol–water partition coefficient (Wildman–Crippen LogP) is 3.91. The lowest BCUT2D eigenvalue weighted by molar-refractivity contribution is -0.128. The number of ether oxygens (including phenoxy) is 1. The highest BCUT2D eigenvalue weighted by Gasteiger charge is 2.61. The molecule has 1 fully saturated rings. The molecule has 0 saturated carbocycles. The number of benzene rings is 2. The average molecular weight is 402 g/mol. The standard InChI is InChI=1S/C25H26N2O3/c1-4-8-22-25(16-23(28)26(22)15-5-2)21-10-7-6-9-20(21)24(29)27(25)17-18-11-13-19(30-3)14-12-18/h4-7,9-14,22H,1-2,8,15-17H2,3H3/t22-,25-/m0/s1. The first-order valence-corrected chi connectivity index (χ1v) is 10.1. The zero-order chi connectivity index (χ0) is 21.3. The van der Waals surface area contributed by atoms with Crippen molar-refractivity contribution < 1.29 is 14.3 Å². The van der Waals surface area contributed by atoms with E-state index >= 15 is 0 Å². The Balaban J connectivity index is 1.83. The number of carbonyl (C=O) groups is 2. The average Bonchev–Trinajstić information content (AvgIpc) is 3.17. The van der Waals surface area contributed by atoms with Crippen LogP contribution < -0.4 is 4.74 Å². The number of amides is 2. The fourth-order valence-electron chi connectivity index (χ4n) is 4.93. The largest absolute Gasteiger partial charge is 0.497 e. The van der Waals surface area contributed by atoms with Crippen LogP contribution in [0.5, 0.6) is 5.75 Å². The van der Waals surface area contributed by atoms with E-state index in [0.717, 1.165) is 16.9 Å². The van der Waals surface area contributed by atoms with Crippen molar-refractivity contribution >= 4 is 11.8 Å². The van der Waals surface area contributed by atoms with Gasteiger partial charge in [-0.15, -0.1) is 13.2 Å². The SMILES string of the molecule is C=CC[C@@H]1N(CC=C)C(=O)C[C@]12c1ccccc1C(=O)N2Cc1ccc(OC)cc1. The second-order valence-corrected chi connectivity index (χ2v) is 7.76. The molecule has 2 aliphatic heterocycles. The second-order valence-electron chi connectivity index (χ2n) is 7.76. The highest BCUT2D eigenvalue weighted by molar-refractivity contribution is 6.02. The number of nitrogens with zero attached hydrogens (tertiary/aromatic N) is 2. The van der Waals surface area contributed by atoms with Gasteiger partial charge in [-0.25, -0.2) is 0 Å². The Hall–Kier alpha value is -3.34. The van der Waals surface area contributed by atoms with Crippen LogP contribution in [-0.4, -0.2) is 41.3 Å². The quantitative estimate of drug-likeness (QED) is 0.660. The first kappa shape index (κ1) is 20.0. The Bertz CT molecular complexity index is 998. The third-order valence-electron chi connectivity index (χ3n) is 6.23. The highest BCUT2D eigenvalue weighted by Crippen LogP contribution is 2.51. The zero-order valence-electron chi connectivity index (χ0n) is 17.2. The fourth-order valence-corrected chi connectivity index (χ4v) is 4.93. The molecular weight excluding hydrogens is 376 g/mol. The van der Waals surface area contributed by atoms with E-state index in [4.69, 9.17) is 4.74 Å². The molecule has 2 amide bonds. The summed E-state index contributed by atoms with van der Waals surface area (Å²) in [6.07, 6.45) is 4.43. The lowest BCUT2D eigenvalue weighted by atomic mass is 9.80. The molecule has 2 heterocycles. The number of likely N-dealkylation sites (tertiary alicyclic amines) is 1. The minimum atomic E-state index is -0.720. The Morgan fingerprint density at radius 3 is 2.50 bits per heavy atom. The Morgan fingerprint density at radius 2 is 1.83 bits per heavy atom. The van der Waals surface area contributed by atoms with Gasteiger partial charge in [0.05, 0.1) is 25.1 Å². The molecule has 2 aliphatic rings. The van der Waals surface area contributed by atoms with Crippen LogP contribution in [0.2, 0.25) is 0 Å². The third-order valence-corrected chi connectivity index (χ3v) is 6.23. The number of hydrogen-bond acceptors (Lipinski definition) is 3. The minimum absolute atomic E-state index is 0.0333. The Kier molecular flexibility index (Phi) is 5.20. The highest BCUT2D eigenvalue weighted by atomic mass is 16.5. The van der Waals surface area contributed by atoms with E-state index in [1.807, 2.05) is 64.4 Å². The van der Waals surface area contributed by atoms with Crippen molar-refractivity contribution in [3.63, 3.8) is 0 Å². The molecule has 1 saturated heterocycles. The summed E-state index contributed by atoms with van der Waals surface area (Å²) < 4.78 is 5.26. The topological polar surface area (TPSA) is 49.9 Å². The molecule has 30 heavy (non-hydrogen) atoms. The van der Waals surface area contributed by atoms with E-state index in [9.17, 15) is 9.59 Å². The van der Waals surface area contributed by atoms with Crippen molar-refractivity contribution in [2.24, 2.45) is 0 Å². The van der Waals surface area contributed by atoms with E-state index < -0.39 is 5.54 Å². The molecule has 5 nitrogen and oxygen atoms in total. The lowest BCUT2D eigenvalue weighted by Crippen LogP contribution is -2.52. The summed E-state index contributed by atoms with van der Waals surface area (Å²) >= 11 is 0. The summed E-state index contributed by atoms with van der Waals surface area (Å²) in [5, 5.41) is 0. The van der Waals surface area contributed by atoms with Crippen LogP contribution in [0.3, 0.4) is 0 Å². The molecule has 0 N–H and O–H groups in total. The third kappa shape index (κ3) is 2.93. The van der Waals surface area contributed by atoms with Gasteiger partial charge in [0.1, 0.15) is 5.75 Å². The minimum Gasteiger partial charge on any atom is -0.497 e. The van der Waals surface area contributed by atoms with Gasteiger partial charge in [0.2, 0.25) is 5.91 Å². The van der Waals surface area contributed by atoms with Crippen molar-refractivity contribution in [3.8, 4) is 5.75 Å². The van der Waals surface area contributed by atoms with Crippen LogP contribution in [-0.2, 0) is 16.9 Å². The van der Waals surface area contributed by atoms with E-state index in [1.165, 1.54) is 0 Å². The molecule has 2 atom stereocenters. The van der Waals surface area contributed by atoms with Gasteiger partial charge < -0.3 is 14.5 Å². The van der Waals surface area contributed by atoms with E-state index in [2.05, 4.69) is 13.2 Å². The first-order chi connectivity index (χ1) is 14.6. The van der Waals surface area contributed by atoms with Crippen LogP contribution in [0.1, 0.15) is 34.3 Å². The Morgan fingerprint density at radius 1 is 1.10 bits per heavy atom. The van der Waals surface area contributed by atoms with Crippen molar-refractivity contribution in [3.05, 3.63) is 90.5 Å². The predicted molar refractivity (Wildman–Crippen MR) is 116 cm³/mol. The van der Waals surface area contributed by atoms with Gasteiger partial charge in [-0.2, -0.15) is 0 Å². The number of hydrogen-bond donors (Lipinski definition) is 0. The number of carbonyl (C=O) groups excluding carboxylic acids is 2. The molecule has 2 aromatic carbocycles. The van der Waals surface area contributed by atoms with Crippen LogP contribution in [0.4, 0.5) is 0 Å². The molecule has 0 unspecified atom stereocenters. The van der Waals surface area contributed by atoms with Crippen molar-refractivity contribution in [1.29, 1.82) is 0 Å². The molecule has 0 bridgehead atoms. The second kappa shape index (κ2) is 7.82. The number of methoxy groups -OCH3 is 1. The normalized spacial score (nSPS) is 22.5. The number of rotatable bonds is 7. The summed E-state index contributed by atoms with van der Waals surface area (Å²) in [6.45, 7) is 8.61. The van der Waals surface area contributed by atoms with Crippen LogP contribution in [0.25, 0.3) is 0 Å². The Labute approximate surface area is 177 Å². The molecular formula is C25H26N2O3. The maximum absolute atomic E-state index is 13.5. The van der Waals surface area contributed by atoms with Gasteiger partial charge in [0.25, 0.3) is 5.91 Å². The van der Waals surface area contributed by atoms with Crippen LogP contribution in [0, 0.1) is 0 Å². The first-order valence-electron chi connectivity index (χ1n) is 10.1. The van der Waals surface area contributed by atoms with Crippen molar-refractivity contribution in [2.45, 2.75) is 31.0 Å². The maximum atomic E-state index is 13.5. The van der Waals surface area contributed by atoms with E-state index in [0.29, 0.717) is 25.1 Å². The van der Waals surface area contributed by atoms with Gasteiger partial charge in [-0.3, -0.25) is 9.59 Å². The molecule has 154 valence electrons. The zero-order valence-corrected chi connectivity index (χ0v) is 17.2. The molecule has 0 aromatic heterocycles. The maximum Gasteiger partial charge on any atom is 0.255 e. The molecule has 1 spiro atoms. The van der Waals surface area contributed by atoms with Gasteiger partial charge >= 0.3 is 0 Å². The smallest absolute Gasteiger partial charge is 0.255 e. The van der Waals surface area contributed by atoms with Gasteiger partial charge in [0.15, 0.2) is 0 Å². The summed E-state index contributed by atoms with van der Waals surface area (Å²) in [5.74, 6) is 0.761. The van der Waals surface area contributed by atoms with E-state index in [1.54, 1.807) is 13.2 Å². The molecule has 4 rings (SSSR count). The van der Waals surface area contributed by atoms with E-state index in [-0.39, 0.29) is 24.3 Å². The molecule has 0 aliphatic carbocycles. The molecule has 2 aromatic rings. The monoisotopic (exact) mass is 402 g/mol. The fraction of sp³-hybridized carbons (Fsp3) is 0.280. The summed E-state index contributed by atoms with van der Waals surface area (Å²) in [6, 6.07) is 15.2. The van der Waals surface area contributed by atoms with Crippen molar-refractivity contribution in [2.75, 3.05) is 13.7 Å². The van der Waals surface area contributed by atoms with Gasteiger partial charge in [-0.1, -0.05) is 42.5 Å². The summed E-state index contributed by atoms with van der Waals surface area (Å²) in [4.78, 5) is 30.4.